The molecule has 1 aliphatic carbocycles. The fourth-order valence-corrected chi connectivity index (χ4v) is 4.60. The minimum absolute atomic E-state index is 0.580. The van der Waals surface area contributed by atoms with Crippen molar-refractivity contribution in [1.29, 1.82) is 5.41 Å². The van der Waals surface area contributed by atoms with E-state index in [-0.39, 0.29) is 0 Å². The average molecular weight is 376 g/mol. The van der Waals surface area contributed by atoms with Gasteiger partial charge in [-0.2, -0.15) is 0 Å². The molecule has 0 radical (unpaired) electrons. The molecule has 1 saturated carbocycles. The number of pyridine rings is 1. The van der Waals surface area contributed by atoms with Gasteiger partial charge in [-0.1, -0.05) is 12.1 Å². The lowest BCUT2D eigenvalue weighted by atomic mass is 9.81. The largest absolute Gasteiger partial charge is 0.393 e. The number of nitrogens with zero attached hydrogens (tertiary/aromatic N) is 2. The van der Waals surface area contributed by atoms with Crippen LogP contribution in [0.5, 0.6) is 0 Å². The molecule has 0 aliphatic heterocycles. The molecular formula is C23H29N5. The van der Waals surface area contributed by atoms with E-state index in [4.69, 9.17) is 5.41 Å². The monoisotopic (exact) mass is 375 g/mol. The number of hydrogen-bond acceptors (Lipinski definition) is 4. The summed E-state index contributed by atoms with van der Waals surface area (Å²) < 4.78 is 0. The third kappa shape index (κ3) is 3.31. The van der Waals surface area contributed by atoms with E-state index < -0.39 is 0 Å². The Balaban J connectivity index is 1.79. The Hall–Kier alpha value is -2.66. The molecule has 0 unspecified atom stereocenters. The number of allylic oxidation sites excluding steroid dienone is 1. The predicted molar refractivity (Wildman–Crippen MR) is 118 cm³/mol. The van der Waals surface area contributed by atoms with Crippen molar-refractivity contribution in [2.24, 2.45) is 0 Å². The van der Waals surface area contributed by atoms with Gasteiger partial charge >= 0.3 is 0 Å². The van der Waals surface area contributed by atoms with Crippen LogP contribution >= 0.6 is 0 Å². The van der Waals surface area contributed by atoms with Crippen molar-refractivity contribution in [3.8, 4) is 0 Å². The highest BCUT2D eigenvalue weighted by atomic mass is 15.1. The Morgan fingerprint density at radius 1 is 1.25 bits per heavy atom. The first-order valence-electron chi connectivity index (χ1n) is 10.1. The molecule has 2 aromatic heterocycles. The van der Waals surface area contributed by atoms with Gasteiger partial charge in [0.1, 0.15) is 5.65 Å². The van der Waals surface area contributed by atoms with E-state index in [0.29, 0.717) is 12.0 Å². The van der Waals surface area contributed by atoms with Gasteiger partial charge in [0.2, 0.25) is 0 Å². The maximum Gasteiger partial charge on any atom is 0.138 e. The molecule has 0 bridgehead atoms. The molecular weight excluding hydrogens is 346 g/mol. The number of hydrogen-bond donors (Lipinski definition) is 3. The molecule has 1 aromatic carbocycles. The second kappa shape index (κ2) is 7.76. The number of aromatic amines is 1. The molecule has 4 rings (SSSR count). The summed E-state index contributed by atoms with van der Waals surface area (Å²) in [5.74, 6) is 0.580. The number of rotatable bonds is 5. The summed E-state index contributed by atoms with van der Waals surface area (Å²) in [4.78, 5) is 10.4. The van der Waals surface area contributed by atoms with E-state index in [9.17, 15) is 0 Å². The zero-order valence-corrected chi connectivity index (χ0v) is 16.9. The lowest BCUT2D eigenvalue weighted by Crippen LogP contribution is -2.31. The van der Waals surface area contributed by atoms with Crippen molar-refractivity contribution in [3.63, 3.8) is 0 Å². The fraction of sp³-hybridized carbons (Fsp3) is 0.391. The highest BCUT2D eigenvalue weighted by Gasteiger charge is 2.26. The van der Waals surface area contributed by atoms with Gasteiger partial charge < -0.3 is 20.6 Å². The molecule has 28 heavy (non-hydrogen) atoms. The van der Waals surface area contributed by atoms with Crippen molar-refractivity contribution in [3.05, 3.63) is 47.9 Å². The SMILES string of the molecule is CN/C=C(\C=N)c1ccc2cnc3[nH]cc(C4CCC(N(C)C)CC4)c3c2c1. The van der Waals surface area contributed by atoms with Crippen molar-refractivity contribution in [2.45, 2.75) is 37.6 Å². The second-order valence-electron chi connectivity index (χ2n) is 8.03. The molecule has 3 N–H and O–H groups in total. The zero-order valence-electron chi connectivity index (χ0n) is 16.9. The van der Waals surface area contributed by atoms with Crippen molar-refractivity contribution in [2.75, 3.05) is 21.1 Å². The van der Waals surface area contributed by atoms with Crippen molar-refractivity contribution in [1.82, 2.24) is 20.2 Å². The summed E-state index contributed by atoms with van der Waals surface area (Å²) >= 11 is 0. The summed E-state index contributed by atoms with van der Waals surface area (Å²) in [7, 11) is 6.24. The third-order valence-electron chi connectivity index (χ3n) is 6.20. The smallest absolute Gasteiger partial charge is 0.138 e. The van der Waals surface area contributed by atoms with Gasteiger partial charge in [-0.15, -0.1) is 0 Å². The number of H-pyrrole nitrogens is 1. The fourth-order valence-electron chi connectivity index (χ4n) is 4.60. The van der Waals surface area contributed by atoms with Crippen LogP contribution in [0.1, 0.15) is 42.7 Å². The summed E-state index contributed by atoms with van der Waals surface area (Å²) in [6, 6.07) is 7.09. The summed E-state index contributed by atoms with van der Waals surface area (Å²) in [5.41, 5.74) is 4.28. The molecule has 1 fully saturated rings. The molecule has 146 valence electrons. The minimum Gasteiger partial charge on any atom is -0.393 e. The van der Waals surface area contributed by atoms with Crippen LogP contribution in [0.2, 0.25) is 0 Å². The van der Waals surface area contributed by atoms with E-state index in [0.717, 1.165) is 22.2 Å². The van der Waals surface area contributed by atoms with E-state index in [1.54, 1.807) is 0 Å². The van der Waals surface area contributed by atoms with E-state index in [1.165, 1.54) is 48.2 Å². The van der Waals surface area contributed by atoms with Crippen LogP contribution in [0.3, 0.4) is 0 Å². The minimum atomic E-state index is 0.580. The van der Waals surface area contributed by atoms with Crippen LogP contribution in [0.4, 0.5) is 0 Å². The van der Waals surface area contributed by atoms with Crippen LogP contribution in [-0.4, -0.2) is 48.3 Å². The topological polar surface area (TPSA) is 67.8 Å². The third-order valence-corrected chi connectivity index (χ3v) is 6.20. The van der Waals surface area contributed by atoms with Gasteiger partial charge in [-0.05, 0) is 68.3 Å². The van der Waals surface area contributed by atoms with E-state index >= 15 is 0 Å². The zero-order chi connectivity index (χ0) is 19.7. The Morgan fingerprint density at radius 2 is 2.04 bits per heavy atom. The van der Waals surface area contributed by atoms with Crippen molar-refractivity contribution >= 4 is 33.6 Å². The van der Waals surface area contributed by atoms with Gasteiger partial charge in [-0.3, -0.25) is 0 Å². The quantitative estimate of drug-likeness (QED) is 0.575. The van der Waals surface area contributed by atoms with E-state index in [1.807, 2.05) is 19.4 Å². The molecule has 0 amide bonds. The predicted octanol–water partition coefficient (Wildman–Crippen LogP) is 4.51. The lowest BCUT2D eigenvalue weighted by molar-refractivity contribution is 0.217. The molecule has 0 atom stereocenters. The van der Waals surface area contributed by atoms with Crippen LogP contribution in [0.15, 0.2) is 36.8 Å². The molecule has 0 spiro atoms. The van der Waals surface area contributed by atoms with Crippen LogP contribution in [0.25, 0.3) is 27.4 Å². The maximum atomic E-state index is 7.74. The van der Waals surface area contributed by atoms with Gasteiger partial charge in [0.05, 0.1) is 0 Å². The van der Waals surface area contributed by atoms with Crippen LogP contribution in [0, 0.1) is 5.41 Å². The second-order valence-corrected chi connectivity index (χ2v) is 8.03. The van der Waals surface area contributed by atoms with Gasteiger partial charge in [0.15, 0.2) is 0 Å². The summed E-state index contributed by atoms with van der Waals surface area (Å²) in [6.07, 6.45) is 12.3. The number of aromatic nitrogens is 2. The Kier molecular flexibility index (Phi) is 5.18. The summed E-state index contributed by atoms with van der Waals surface area (Å²) in [5, 5.41) is 14.4. The molecule has 3 aromatic rings. The Morgan fingerprint density at radius 3 is 2.71 bits per heavy atom. The standard InChI is InChI=1S/C23H29N5/c1-25-12-18(11-24)16-4-5-17-13-26-23-22(20(17)10-16)21(14-27-23)15-6-8-19(9-7-15)28(2)3/h4-5,10-15,19,24-25H,6-9H2,1-3H3,(H,26,27)/b18-12+,24-11?. The van der Waals surface area contributed by atoms with Gasteiger partial charge in [-0.25, -0.2) is 4.98 Å². The van der Waals surface area contributed by atoms with Crippen LogP contribution < -0.4 is 5.32 Å². The number of benzene rings is 1. The first kappa shape index (κ1) is 18.7. The molecule has 5 heteroatoms. The van der Waals surface area contributed by atoms with E-state index in [2.05, 4.69) is 58.7 Å². The van der Waals surface area contributed by atoms with Crippen molar-refractivity contribution < 1.29 is 0 Å². The highest BCUT2D eigenvalue weighted by molar-refractivity contribution is 6.12. The van der Waals surface area contributed by atoms with Crippen LogP contribution in [-0.2, 0) is 0 Å². The average Bonchev–Trinajstić information content (AvgIpc) is 3.16. The lowest BCUT2D eigenvalue weighted by Gasteiger charge is -2.32. The molecule has 2 heterocycles. The maximum absolute atomic E-state index is 7.74. The normalized spacial score (nSPS) is 20.8. The number of fused-ring (bicyclic) bond motifs is 3. The van der Waals surface area contributed by atoms with Gasteiger partial charge in [0, 0.05) is 54.2 Å². The Bertz CT molecular complexity index is 1020. The first-order chi connectivity index (χ1) is 13.6. The summed E-state index contributed by atoms with van der Waals surface area (Å²) in [6.45, 7) is 0. The number of nitrogens with one attached hydrogen (secondary N) is 3. The molecule has 1 aliphatic rings. The first-order valence-corrected chi connectivity index (χ1v) is 10.1. The molecule has 5 nitrogen and oxygen atoms in total. The highest BCUT2D eigenvalue weighted by Crippen LogP contribution is 2.39. The Labute approximate surface area is 166 Å². The van der Waals surface area contributed by atoms with Gasteiger partial charge in [0.25, 0.3) is 0 Å². The molecule has 0 saturated heterocycles.